The van der Waals surface area contributed by atoms with E-state index in [1.807, 2.05) is 66.7 Å². The molecule has 15 heteroatoms. The Balaban J connectivity index is 0.000000237. The maximum Gasteiger partial charge on any atom is 0.252 e. The van der Waals surface area contributed by atoms with Gasteiger partial charge < -0.3 is 0 Å². The van der Waals surface area contributed by atoms with Crippen LogP contribution in [0.2, 0.25) is 20.1 Å². The van der Waals surface area contributed by atoms with Crippen molar-refractivity contribution in [2.24, 2.45) is 10.3 Å². The Bertz CT molecular complexity index is 2470. The molecule has 0 saturated carbocycles. The lowest BCUT2D eigenvalue weighted by Gasteiger charge is -2.07. The number of sulfonamides is 2. The van der Waals surface area contributed by atoms with Crippen molar-refractivity contribution in [2.45, 2.75) is 17.2 Å². The molecule has 0 unspecified atom stereocenters. The van der Waals surface area contributed by atoms with Gasteiger partial charge in [-0.1, -0.05) is 133 Å². The normalized spacial score (nSPS) is 10.8. The van der Waals surface area contributed by atoms with Crippen LogP contribution in [0.3, 0.4) is 0 Å². The van der Waals surface area contributed by atoms with E-state index in [1.165, 1.54) is 41.5 Å². The predicted octanol–water partition coefficient (Wildman–Crippen LogP) is 10.5. The highest BCUT2D eigenvalue weighted by Gasteiger charge is 2.18. The van der Waals surface area contributed by atoms with Gasteiger partial charge in [0.1, 0.15) is 9.79 Å². The number of halogens is 5. The van der Waals surface area contributed by atoms with Gasteiger partial charge in [-0.15, -0.1) is 0 Å². The van der Waals surface area contributed by atoms with E-state index in [1.54, 1.807) is 24.3 Å². The summed E-state index contributed by atoms with van der Waals surface area (Å²) in [5.74, 6) is -0.325. The van der Waals surface area contributed by atoms with Crippen molar-refractivity contribution in [3.8, 4) is 22.3 Å². The first-order chi connectivity index (χ1) is 24.9. The molecule has 6 rings (SSSR count). The van der Waals surface area contributed by atoms with Crippen molar-refractivity contribution in [2.75, 3.05) is 0 Å². The van der Waals surface area contributed by atoms with E-state index in [0.717, 1.165) is 22.2 Å². The van der Waals surface area contributed by atoms with Crippen LogP contribution in [-0.4, -0.2) is 27.9 Å². The summed E-state index contributed by atoms with van der Waals surface area (Å²) in [5.41, 5.74) is 4.96. The number of carbonyl (C=O) groups excluding carboxylic acids is 2. The van der Waals surface area contributed by atoms with Gasteiger partial charge in [0.2, 0.25) is 20.0 Å². The monoisotopic (exact) mass is 862 g/mol. The molecule has 0 radical (unpaired) electrons. The Kier molecular flexibility index (Phi) is 16.0. The standard InChI is InChI=1S/C19H13Cl2NO3S.C12H9Cl.C7H5Cl2NO3S.CH4/c20-16-8-5-13(6-9-16)12-1-3-14(4-2-12)19(23)15-7-10-17(21)18(11-15)26(22,24)25;13-12-8-6-11(7-9-12)10-4-2-1-3-5-10;8-5-2-1-4(7(9)11)3-6(5)14(10,12)13;/h1-11H,(H2,22,24,25);1-9H;1-3H,(H2,10,12,13);1H4. The van der Waals surface area contributed by atoms with E-state index >= 15 is 0 Å². The van der Waals surface area contributed by atoms with Gasteiger partial charge in [-0.2, -0.15) is 0 Å². The SMILES string of the molecule is C.Clc1ccc(-c2ccccc2)cc1.NS(=O)(=O)c1cc(C(=O)Cl)ccc1Cl.NS(=O)(=O)c1cc(C(=O)c2ccc(-c3ccc(Cl)cc3)cc2)ccc1Cl. The molecule has 280 valence electrons. The zero-order valence-electron chi connectivity index (χ0n) is 27.1. The lowest BCUT2D eigenvalue weighted by atomic mass is 9.99. The highest BCUT2D eigenvalue weighted by molar-refractivity contribution is 7.89. The average molecular weight is 865 g/mol. The summed E-state index contributed by atoms with van der Waals surface area (Å²) < 4.78 is 45.1. The van der Waals surface area contributed by atoms with Crippen molar-refractivity contribution >= 4 is 89.1 Å². The molecule has 4 N–H and O–H groups in total. The van der Waals surface area contributed by atoms with E-state index < -0.39 is 25.3 Å². The Hall–Kier alpha value is -4.07. The number of hydrogen-bond donors (Lipinski definition) is 2. The van der Waals surface area contributed by atoms with Crippen LogP contribution in [-0.2, 0) is 20.0 Å². The lowest BCUT2D eigenvalue weighted by molar-refractivity contribution is 0.103. The zero-order valence-corrected chi connectivity index (χ0v) is 32.5. The van der Waals surface area contributed by atoms with Gasteiger partial charge in [-0.3, -0.25) is 9.59 Å². The highest BCUT2D eigenvalue weighted by Crippen LogP contribution is 2.26. The lowest BCUT2D eigenvalue weighted by Crippen LogP contribution is -2.14. The smallest absolute Gasteiger partial charge is 0.252 e. The Morgan fingerprint density at radius 1 is 0.444 bits per heavy atom. The van der Waals surface area contributed by atoms with E-state index in [9.17, 15) is 26.4 Å². The van der Waals surface area contributed by atoms with Crippen LogP contribution >= 0.6 is 58.0 Å². The second-order valence-electron chi connectivity index (χ2n) is 10.9. The molecule has 0 heterocycles. The van der Waals surface area contributed by atoms with Gasteiger partial charge in [0, 0.05) is 26.7 Å². The van der Waals surface area contributed by atoms with Gasteiger partial charge in [0.15, 0.2) is 5.78 Å². The first kappa shape index (κ1) is 44.3. The van der Waals surface area contributed by atoms with Crippen molar-refractivity contribution in [1.82, 2.24) is 0 Å². The second-order valence-corrected chi connectivity index (χ2v) is 16.0. The van der Waals surface area contributed by atoms with Crippen LogP contribution in [0, 0.1) is 0 Å². The molecule has 0 atom stereocenters. The molecule has 0 spiro atoms. The average Bonchev–Trinajstić information content (AvgIpc) is 3.12. The maximum absolute atomic E-state index is 12.6. The zero-order chi connectivity index (χ0) is 38.9. The fraction of sp³-hybridized carbons (Fsp3) is 0.0256. The third kappa shape index (κ3) is 12.5. The predicted molar refractivity (Wildman–Crippen MR) is 220 cm³/mol. The molecule has 0 aliphatic carbocycles. The fourth-order valence-corrected chi connectivity index (χ4v) is 7.11. The number of rotatable bonds is 7. The second kappa shape index (κ2) is 19.5. The molecular weight excluding hydrogens is 834 g/mol. The van der Waals surface area contributed by atoms with Gasteiger partial charge in [-0.05, 0) is 94.5 Å². The number of nitrogens with two attached hydrogens (primary N) is 2. The molecule has 6 aromatic carbocycles. The summed E-state index contributed by atoms with van der Waals surface area (Å²) in [6.45, 7) is 0. The Labute approximate surface area is 339 Å². The Morgan fingerprint density at radius 3 is 1.17 bits per heavy atom. The van der Waals surface area contributed by atoms with E-state index in [4.69, 9.17) is 68.3 Å². The van der Waals surface area contributed by atoms with Gasteiger partial charge in [0.25, 0.3) is 5.24 Å². The number of carbonyl (C=O) groups is 2. The van der Waals surface area contributed by atoms with E-state index in [0.29, 0.717) is 10.6 Å². The third-order valence-electron chi connectivity index (χ3n) is 7.24. The van der Waals surface area contributed by atoms with Gasteiger partial charge >= 0.3 is 0 Å². The van der Waals surface area contributed by atoms with Crippen LogP contribution < -0.4 is 10.3 Å². The molecule has 0 aliphatic rings. The summed E-state index contributed by atoms with van der Waals surface area (Å²) >= 11 is 28.3. The molecule has 0 amide bonds. The number of hydrogen-bond acceptors (Lipinski definition) is 6. The molecule has 0 bridgehead atoms. The molecule has 8 nitrogen and oxygen atoms in total. The van der Waals surface area contributed by atoms with Crippen molar-refractivity contribution < 1.29 is 26.4 Å². The fourth-order valence-electron chi connectivity index (χ4n) is 4.60. The minimum absolute atomic E-state index is 0. The van der Waals surface area contributed by atoms with E-state index in [-0.39, 0.29) is 44.2 Å². The summed E-state index contributed by atoms with van der Waals surface area (Å²) in [6, 6.07) is 40.0. The summed E-state index contributed by atoms with van der Waals surface area (Å²) in [5, 5.41) is 10.6. The van der Waals surface area contributed by atoms with Crippen LogP contribution in [0.1, 0.15) is 33.7 Å². The molecule has 54 heavy (non-hydrogen) atoms. The van der Waals surface area contributed by atoms with Crippen molar-refractivity contribution in [3.05, 3.63) is 176 Å². The van der Waals surface area contributed by atoms with Crippen LogP contribution in [0.25, 0.3) is 22.3 Å². The molecule has 0 aromatic heterocycles. The molecular formula is C39H31Cl5N2O6S2. The molecule has 0 saturated heterocycles. The summed E-state index contributed by atoms with van der Waals surface area (Å²) in [7, 11) is -7.95. The summed E-state index contributed by atoms with van der Waals surface area (Å²) in [4.78, 5) is 22.8. The Morgan fingerprint density at radius 2 is 0.778 bits per heavy atom. The largest absolute Gasteiger partial charge is 0.289 e. The minimum atomic E-state index is -4.01. The van der Waals surface area contributed by atoms with Crippen LogP contribution in [0.4, 0.5) is 0 Å². The van der Waals surface area contributed by atoms with Gasteiger partial charge in [-0.25, -0.2) is 27.1 Å². The van der Waals surface area contributed by atoms with Crippen molar-refractivity contribution in [1.29, 1.82) is 0 Å². The third-order valence-corrected chi connectivity index (χ3v) is 10.7. The quantitative estimate of drug-likeness (QED) is 0.120. The molecule has 6 aromatic rings. The number of benzene rings is 6. The first-order valence-electron chi connectivity index (χ1n) is 15.0. The van der Waals surface area contributed by atoms with E-state index in [2.05, 4.69) is 12.1 Å². The molecule has 0 aliphatic heterocycles. The van der Waals surface area contributed by atoms with Gasteiger partial charge in [0.05, 0.1) is 10.0 Å². The molecule has 0 fully saturated rings. The van der Waals surface area contributed by atoms with Crippen LogP contribution in [0.5, 0.6) is 0 Å². The highest BCUT2D eigenvalue weighted by atomic mass is 35.5. The van der Waals surface area contributed by atoms with Crippen LogP contribution in [0.15, 0.2) is 149 Å². The minimum Gasteiger partial charge on any atom is -0.289 e. The topological polar surface area (TPSA) is 154 Å². The number of ketones is 1. The first-order valence-corrected chi connectivity index (χ1v) is 20.0. The van der Waals surface area contributed by atoms with Crippen molar-refractivity contribution in [3.63, 3.8) is 0 Å². The number of primary sulfonamides is 2. The maximum atomic E-state index is 12.6. The summed E-state index contributed by atoms with van der Waals surface area (Å²) in [6.07, 6.45) is 0.